The summed E-state index contributed by atoms with van der Waals surface area (Å²) in [7, 11) is 0. The molecule has 0 atom stereocenters. The topological polar surface area (TPSA) is 72.1 Å². The fraction of sp³-hybridized carbons (Fsp3) is 0.133. The molecule has 0 aliphatic rings. The number of hydrogen-bond acceptors (Lipinski definition) is 4. The lowest BCUT2D eigenvalue weighted by molar-refractivity contribution is 0.0524. The van der Waals surface area contributed by atoms with E-state index in [1.54, 1.807) is 6.92 Å². The van der Waals surface area contributed by atoms with E-state index in [9.17, 15) is 14.0 Å². The molecule has 22 heavy (non-hydrogen) atoms. The molecule has 0 unspecified atom stereocenters. The minimum Gasteiger partial charge on any atom is -0.462 e. The molecule has 1 N–H and O–H groups in total. The lowest BCUT2D eigenvalue weighted by Crippen LogP contribution is -2.18. The zero-order valence-electron chi connectivity index (χ0n) is 11.4. The minimum atomic E-state index is -0.715. The first-order valence-corrected chi connectivity index (χ1v) is 6.87. The molecule has 0 fully saturated rings. The summed E-state index contributed by atoms with van der Waals surface area (Å²) < 4.78 is 18.4. The number of carbonyl (C=O) groups excluding carboxylic acids is 1. The van der Waals surface area contributed by atoms with Crippen molar-refractivity contribution in [3.05, 3.63) is 51.0 Å². The summed E-state index contributed by atoms with van der Waals surface area (Å²) in [4.78, 5) is 31.1. The molecule has 0 saturated carbocycles. The molecule has 0 aliphatic heterocycles. The molecule has 7 heteroatoms. The number of halogens is 2. The Morgan fingerprint density at radius 2 is 2.18 bits per heavy atom. The molecule has 2 heterocycles. The van der Waals surface area contributed by atoms with E-state index in [2.05, 4.69) is 9.97 Å². The van der Waals surface area contributed by atoms with E-state index in [0.717, 1.165) is 0 Å². The number of rotatable bonds is 2. The highest BCUT2D eigenvalue weighted by atomic mass is 35.5. The Hall–Kier alpha value is -2.47. The highest BCUT2D eigenvalue weighted by Gasteiger charge is 2.15. The number of pyridine rings is 2. The predicted octanol–water partition coefficient (Wildman–Crippen LogP) is 3.05. The maximum Gasteiger partial charge on any atom is 0.343 e. The van der Waals surface area contributed by atoms with Crippen LogP contribution in [0.4, 0.5) is 4.39 Å². The van der Waals surface area contributed by atoms with Crippen molar-refractivity contribution >= 4 is 39.5 Å². The smallest absolute Gasteiger partial charge is 0.343 e. The van der Waals surface area contributed by atoms with Gasteiger partial charge < -0.3 is 9.72 Å². The van der Waals surface area contributed by atoms with E-state index in [1.807, 2.05) is 0 Å². The van der Waals surface area contributed by atoms with Crippen molar-refractivity contribution in [3.8, 4) is 0 Å². The first-order chi connectivity index (χ1) is 10.5. The number of H-pyrrole nitrogens is 1. The van der Waals surface area contributed by atoms with Gasteiger partial charge in [-0.25, -0.2) is 14.2 Å². The second-order valence-electron chi connectivity index (χ2n) is 4.60. The molecule has 2 aromatic heterocycles. The molecule has 1 aromatic carbocycles. The molecule has 0 aliphatic carbocycles. The highest BCUT2D eigenvalue weighted by molar-refractivity contribution is 6.31. The zero-order valence-corrected chi connectivity index (χ0v) is 12.2. The van der Waals surface area contributed by atoms with Gasteiger partial charge in [0.15, 0.2) is 0 Å². The van der Waals surface area contributed by atoms with E-state index in [0.29, 0.717) is 10.9 Å². The Kier molecular flexibility index (Phi) is 3.54. The summed E-state index contributed by atoms with van der Waals surface area (Å²) in [6.07, 6.45) is 1.26. The Morgan fingerprint density at radius 1 is 1.41 bits per heavy atom. The Labute approximate surface area is 128 Å². The highest BCUT2D eigenvalue weighted by Crippen LogP contribution is 2.23. The van der Waals surface area contributed by atoms with Crippen molar-refractivity contribution in [2.75, 3.05) is 6.61 Å². The van der Waals surface area contributed by atoms with E-state index in [1.165, 1.54) is 24.4 Å². The number of aromatic nitrogens is 2. The monoisotopic (exact) mass is 320 g/mol. The van der Waals surface area contributed by atoms with Crippen molar-refractivity contribution in [1.82, 2.24) is 9.97 Å². The van der Waals surface area contributed by atoms with Gasteiger partial charge in [-0.05, 0) is 25.1 Å². The number of hydrogen-bond donors (Lipinski definition) is 1. The fourth-order valence-corrected chi connectivity index (χ4v) is 2.32. The van der Waals surface area contributed by atoms with Crippen LogP contribution in [-0.4, -0.2) is 22.5 Å². The van der Waals surface area contributed by atoms with Gasteiger partial charge in [0.2, 0.25) is 5.43 Å². The second kappa shape index (κ2) is 5.38. The van der Waals surface area contributed by atoms with Crippen molar-refractivity contribution in [3.63, 3.8) is 0 Å². The van der Waals surface area contributed by atoms with Gasteiger partial charge in [-0.2, -0.15) is 0 Å². The van der Waals surface area contributed by atoms with E-state index in [-0.39, 0.29) is 28.2 Å². The summed E-state index contributed by atoms with van der Waals surface area (Å²) in [6.45, 7) is 1.81. The maximum atomic E-state index is 13.5. The third-order valence-electron chi connectivity index (χ3n) is 3.19. The molecule has 5 nitrogen and oxygen atoms in total. The number of nitrogens with zero attached hydrogens (tertiary/aromatic N) is 1. The second-order valence-corrected chi connectivity index (χ2v) is 5.00. The van der Waals surface area contributed by atoms with Crippen molar-refractivity contribution < 1.29 is 13.9 Å². The minimum absolute atomic E-state index is 0.0511. The van der Waals surface area contributed by atoms with Gasteiger partial charge in [0.25, 0.3) is 0 Å². The summed E-state index contributed by atoms with van der Waals surface area (Å²) >= 11 is 5.72. The molecule has 112 valence electrons. The Morgan fingerprint density at radius 3 is 2.91 bits per heavy atom. The molecular formula is C15H10ClFN2O3. The molecule has 3 aromatic rings. The summed E-state index contributed by atoms with van der Waals surface area (Å²) in [5.74, 6) is -1.32. The van der Waals surface area contributed by atoms with Crippen LogP contribution in [0.3, 0.4) is 0 Å². The number of benzene rings is 1. The quantitative estimate of drug-likeness (QED) is 0.582. The van der Waals surface area contributed by atoms with E-state index in [4.69, 9.17) is 16.3 Å². The van der Waals surface area contributed by atoms with Crippen LogP contribution in [0, 0.1) is 5.82 Å². The van der Waals surface area contributed by atoms with Gasteiger partial charge in [0.1, 0.15) is 17.0 Å². The first kappa shape index (κ1) is 14.5. The molecule has 0 amide bonds. The third kappa shape index (κ3) is 2.31. The van der Waals surface area contributed by atoms with Crippen molar-refractivity contribution in [2.24, 2.45) is 0 Å². The van der Waals surface area contributed by atoms with Gasteiger partial charge in [-0.3, -0.25) is 4.79 Å². The van der Waals surface area contributed by atoms with Gasteiger partial charge in [0.05, 0.1) is 22.5 Å². The molecule has 0 bridgehead atoms. The number of ether oxygens (including phenoxy) is 1. The SMILES string of the molecule is CCOC(=O)c1c[nH]c2nc3cc(Cl)c(F)cc3cc2c1=O. The number of aromatic amines is 1. The van der Waals surface area contributed by atoms with E-state index >= 15 is 0 Å². The normalized spacial score (nSPS) is 11.0. The number of carbonyl (C=O) groups is 1. The van der Waals surface area contributed by atoms with Crippen LogP contribution in [0.25, 0.3) is 21.9 Å². The molecule has 0 saturated heterocycles. The molecule has 0 radical (unpaired) electrons. The lowest BCUT2D eigenvalue weighted by atomic mass is 10.1. The summed E-state index contributed by atoms with van der Waals surface area (Å²) in [5.41, 5.74) is 0.0913. The standard InChI is InChI=1S/C15H10ClFN2O3/c1-2-22-15(21)9-6-18-14-8(13(9)20)3-7-4-11(17)10(16)5-12(7)19-14/h3-6H,2H2,1H3,(H,18,19,20). The van der Waals surface area contributed by atoms with Crippen molar-refractivity contribution in [2.45, 2.75) is 6.92 Å². The van der Waals surface area contributed by atoms with Gasteiger partial charge in [-0.15, -0.1) is 0 Å². The van der Waals surface area contributed by atoms with Gasteiger partial charge >= 0.3 is 5.97 Å². The van der Waals surface area contributed by atoms with Gasteiger partial charge in [-0.1, -0.05) is 11.6 Å². The molecular weight excluding hydrogens is 311 g/mol. The van der Waals surface area contributed by atoms with Crippen LogP contribution in [-0.2, 0) is 4.74 Å². The van der Waals surface area contributed by atoms with Crippen LogP contribution in [0.2, 0.25) is 5.02 Å². The van der Waals surface area contributed by atoms with Gasteiger partial charge in [0, 0.05) is 11.6 Å². The average molecular weight is 321 g/mol. The zero-order chi connectivity index (χ0) is 15.9. The van der Waals surface area contributed by atoms with Crippen LogP contribution in [0.15, 0.2) is 29.2 Å². The predicted molar refractivity (Wildman–Crippen MR) is 80.8 cm³/mol. The summed E-state index contributed by atoms with van der Waals surface area (Å²) in [5, 5.41) is 0.547. The number of fused-ring (bicyclic) bond motifs is 2. The number of esters is 1. The maximum absolute atomic E-state index is 13.5. The third-order valence-corrected chi connectivity index (χ3v) is 3.48. The Balaban J connectivity index is 2.30. The van der Waals surface area contributed by atoms with Crippen LogP contribution in [0.1, 0.15) is 17.3 Å². The van der Waals surface area contributed by atoms with E-state index < -0.39 is 17.2 Å². The van der Waals surface area contributed by atoms with Crippen LogP contribution in [0.5, 0.6) is 0 Å². The summed E-state index contributed by atoms with van der Waals surface area (Å²) in [6, 6.07) is 4.04. The molecule has 3 rings (SSSR count). The van der Waals surface area contributed by atoms with Crippen molar-refractivity contribution in [1.29, 1.82) is 0 Å². The van der Waals surface area contributed by atoms with Crippen LogP contribution >= 0.6 is 11.6 Å². The lowest BCUT2D eigenvalue weighted by Gasteiger charge is -2.05. The van der Waals surface area contributed by atoms with Crippen LogP contribution < -0.4 is 5.43 Å². The first-order valence-electron chi connectivity index (χ1n) is 6.49. The average Bonchev–Trinajstić information content (AvgIpc) is 2.48. The largest absolute Gasteiger partial charge is 0.462 e. The fourth-order valence-electron chi connectivity index (χ4n) is 2.16. The Bertz CT molecular complexity index is 968. The molecule has 0 spiro atoms. The number of nitrogens with one attached hydrogen (secondary N) is 1.